The van der Waals surface area contributed by atoms with Crippen molar-refractivity contribution in [3.63, 3.8) is 0 Å². The first-order chi connectivity index (χ1) is 8.04. The van der Waals surface area contributed by atoms with E-state index in [0.29, 0.717) is 13.0 Å². The third-order valence-corrected chi connectivity index (χ3v) is 2.81. The summed E-state index contributed by atoms with van der Waals surface area (Å²) in [4.78, 5) is 21.9. The molecule has 0 aliphatic carbocycles. The van der Waals surface area contributed by atoms with Gasteiger partial charge >= 0.3 is 0 Å². The van der Waals surface area contributed by atoms with E-state index < -0.39 is 0 Å². The van der Waals surface area contributed by atoms with Crippen LogP contribution in [0.2, 0.25) is 0 Å². The van der Waals surface area contributed by atoms with Crippen LogP contribution in [0.15, 0.2) is 0 Å². The fraction of sp³-hybridized carbons (Fsp3) is 0.857. The fourth-order valence-corrected chi connectivity index (χ4v) is 1.67. The minimum Gasteiger partial charge on any atom is -0.375 e. The molecule has 4 nitrogen and oxygen atoms in total. The largest absolute Gasteiger partial charge is 0.375 e. The lowest BCUT2D eigenvalue weighted by atomic mass is 9.99. The van der Waals surface area contributed by atoms with Crippen LogP contribution in [0.3, 0.4) is 0 Å². The molecule has 0 aromatic rings. The van der Waals surface area contributed by atoms with Crippen molar-refractivity contribution >= 4 is 11.7 Å². The Morgan fingerprint density at radius 2 is 1.61 bits per heavy atom. The van der Waals surface area contributed by atoms with Crippen LogP contribution in [-0.4, -0.2) is 29.4 Å². The van der Waals surface area contributed by atoms with Gasteiger partial charge in [-0.15, -0.1) is 0 Å². The molecule has 106 valence electrons. The lowest BCUT2D eigenvalue weighted by molar-refractivity contribution is -0.121. The molecule has 0 bridgehead atoms. The van der Waals surface area contributed by atoms with Gasteiger partial charge in [-0.05, 0) is 47.5 Å². The number of ether oxygens (including phenoxy) is 1. The molecular formula is C14H27NO3. The fourth-order valence-electron chi connectivity index (χ4n) is 1.67. The SMILES string of the molecule is CC(=O)CCC(C)(C)OCCC(C)(C)NC(C)=O. The van der Waals surface area contributed by atoms with E-state index in [0.717, 1.165) is 12.8 Å². The molecule has 0 rings (SSSR count). The lowest BCUT2D eigenvalue weighted by Crippen LogP contribution is -2.43. The highest BCUT2D eigenvalue weighted by atomic mass is 16.5. The van der Waals surface area contributed by atoms with Crippen LogP contribution >= 0.6 is 0 Å². The highest BCUT2D eigenvalue weighted by Gasteiger charge is 2.22. The zero-order chi connectivity index (χ0) is 14.4. The van der Waals surface area contributed by atoms with Crippen LogP contribution in [-0.2, 0) is 14.3 Å². The molecular weight excluding hydrogens is 230 g/mol. The minimum absolute atomic E-state index is 0.0316. The molecule has 0 aromatic heterocycles. The maximum Gasteiger partial charge on any atom is 0.217 e. The summed E-state index contributed by atoms with van der Waals surface area (Å²) in [6.07, 6.45) is 2.01. The van der Waals surface area contributed by atoms with Gasteiger partial charge in [0.05, 0.1) is 5.60 Å². The van der Waals surface area contributed by atoms with E-state index >= 15 is 0 Å². The molecule has 1 N–H and O–H groups in total. The molecule has 0 aliphatic heterocycles. The van der Waals surface area contributed by atoms with Gasteiger partial charge in [-0.1, -0.05) is 0 Å². The maximum atomic E-state index is 11.0. The Balaban J connectivity index is 4.01. The summed E-state index contributed by atoms with van der Waals surface area (Å²) in [6.45, 7) is 11.6. The van der Waals surface area contributed by atoms with Crippen molar-refractivity contribution in [2.45, 2.75) is 71.9 Å². The Morgan fingerprint density at radius 3 is 2.06 bits per heavy atom. The topological polar surface area (TPSA) is 55.4 Å². The third kappa shape index (κ3) is 9.16. The van der Waals surface area contributed by atoms with Crippen molar-refractivity contribution in [1.82, 2.24) is 5.32 Å². The van der Waals surface area contributed by atoms with Crippen molar-refractivity contribution < 1.29 is 14.3 Å². The van der Waals surface area contributed by atoms with E-state index in [9.17, 15) is 9.59 Å². The first kappa shape index (κ1) is 17.1. The van der Waals surface area contributed by atoms with E-state index in [-0.39, 0.29) is 22.8 Å². The van der Waals surface area contributed by atoms with Gasteiger partial charge in [0.1, 0.15) is 5.78 Å². The zero-order valence-electron chi connectivity index (χ0n) is 12.6. The van der Waals surface area contributed by atoms with Gasteiger partial charge in [-0.2, -0.15) is 0 Å². The van der Waals surface area contributed by atoms with Crippen molar-refractivity contribution in [1.29, 1.82) is 0 Å². The molecule has 0 atom stereocenters. The molecule has 0 spiro atoms. The number of amides is 1. The minimum atomic E-state index is -0.294. The van der Waals surface area contributed by atoms with Crippen molar-refractivity contribution in [2.24, 2.45) is 0 Å². The van der Waals surface area contributed by atoms with E-state index in [1.54, 1.807) is 6.92 Å². The summed E-state index contributed by atoms with van der Waals surface area (Å²) in [6, 6.07) is 0. The number of hydrogen-bond donors (Lipinski definition) is 1. The average molecular weight is 257 g/mol. The van der Waals surface area contributed by atoms with Gasteiger partial charge in [0.25, 0.3) is 0 Å². The summed E-state index contributed by atoms with van der Waals surface area (Å²) >= 11 is 0. The Bertz CT molecular complexity index is 295. The second kappa shape index (κ2) is 6.88. The zero-order valence-corrected chi connectivity index (χ0v) is 12.6. The number of Topliss-reactive ketones (excluding diaryl/α,β-unsaturated/α-hetero) is 1. The summed E-state index contributed by atoms with van der Waals surface area (Å²) in [5, 5.41) is 2.88. The van der Waals surface area contributed by atoms with E-state index in [1.165, 1.54) is 6.92 Å². The molecule has 0 saturated heterocycles. The molecule has 4 heteroatoms. The molecule has 0 radical (unpaired) electrons. The van der Waals surface area contributed by atoms with Crippen LogP contribution in [0.4, 0.5) is 0 Å². The van der Waals surface area contributed by atoms with Gasteiger partial charge in [-0.3, -0.25) is 4.79 Å². The van der Waals surface area contributed by atoms with Gasteiger partial charge in [0, 0.05) is 25.5 Å². The highest BCUT2D eigenvalue weighted by Crippen LogP contribution is 2.19. The molecule has 1 amide bonds. The quantitative estimate of drug-likeness (QED) is 0.726. The summed E-state index contributed by atoms with van der Waals surface area (Å²) in [5.74, 6) is 0.154. The predicted octanol–water partition coefficient (Wildman–Crippen LogP) is 2.46. The number of rotatable bonds is 8. The number of hydrogen-bond acceptors (Lipinski definition) is 3. The first-order valence-electron chi connectivity index (χ1n) is 6.46. The molecule has 0 fully saturated rings. The van der Waals surface area contributed by atoms with E-state index in [2.05, 4.69) is 5.32 Å². The van der Waals surface area contributed by atoms with Gasteiger partial charge in [0.15, 0.2) is 0 Å². The Labute approximate surface area is 110 Å². The second-order valence-electron chi connectivity index (χ2n) is 6.13. The van der Waals surface area contributed by atoms with Crippen LogP contribution in [0.1, 0.15) is 60.8 Å². The second-order valence-corrected chi connectivity index (χ2v) is 6.13. The number of ketones is 1. The average Bonchev–Trinajstić information content (AvgIpc) is 2.12. The molecule has 0 unspecified atom stereocenters. The normalized spacial score (nSPS) is 12.3. The first-order valence-corrected chi connectivity index (χ1v) is 6.46. The van der Waals surface area contributed by atoms with Gasteiger partial charge in [-0.25, -0.2) is 0 Å². The molecule has 0 heterocycles. The highest BCUT2D eigenvalue weighted by molar-refractivity contribution is 5.75. The summed E-state index contributed by atoms with van der Waals surface area (Å²) in [5.41, 5.74) is -0.555. The molecule has 0 saturated carbocycles. The molecule has 0 aromatic carbocycles. The smallest absolute Gasteiger partial charge is 0.217 e. The Hall–Kier alpha value is -0.900. The van der Waals surface area contributed by atoms with Crippen molar-refractivity contribution in [2.75, 3.05) is 6.61 Å². The molecule has 18 heavy (non-hydrogen) atoms. The van der Waals surface area contributed by atoms with Gasteiger partial charge in [0.2, 0.25) is 5.91 Å². The van der Waals surface area contributed by atoms with E-state index in [4.69, 9.17) is 4.74 Å². The van der Waals surface area contributed by atoms with Crippen LogP contribution in [0.5, 0.6) is 0 Å². The lowest BCUT2D eigenvalue weighted by Gasteiger charge is -2.29. The predicted molar refractivity (Wildman–Crippen MR) is 72.5 cm³/mol. The van der Waals surface area contributed by atoms with Crippen molar-refractivity contribution in [3.8, 4) is 0 Å². The number of nitrogens with one attached hydrogen (secondary N) is 1. The number of carbonyl (C=O) groups is 2. The Morgan fingerprint density at radius 1 is 1.06 bits per heavy atom. The monoisotopic (exact) mass is 257 g/mol. The van der Waals surface area contributed by atoms with Crippen LogP contribution < -0.4 is 5.32 Å². The van der Waals surface area contributed by atoms with E-state index in [1.807, 2.05) is 27.7 Å². The molecule has 0 aliphatic rings. The van der Waals surface area contributed by atoms with Crippen LogP contribution in [0.25, 0.3) is 0 Å². The van der Waals surface area contributed by atoms with Crippen molar-refractivity contribution in [3.05, 3.63) is 0 Å². The Kier molecular flexibility index (Phi) is 6.54. The maximum absolute atomic E-state index is 11.0. The third-order valence-electron chi connectivity index (χ3n) is 2.81. The van der Waals surface area contributed by atoms with Crippen LogP contribution in [0, 0.1) is 0 Å². The summed E-state index contributed by atoms with van der Waals surface area (Å²) < 4.78 is 5.79. The number of carbonyl (C=O) groups excluding carboxylic acids is 2. The standard InChI is InChI=1S/C14H27NO3/c1-11(16)7-8-14(5,6)18-10-9-13(3,4)15-12(2)17/h7-10H2,1-6H3,(H,15,17). The van der Waals surface area contributed by atoms with Gasteiger partial charge < -0.3 is 14.8 Å². The summed E-state index contributed by atoms with van der Waals surface area (Å²) in [7, 11) is 0.